The van der Waals surface area contributed by atoms with Crippen LogP contribution in [0.25, 0.3) is 11.4 Å². The lowest BCUT2D eigenvalue weighted by atomic mass is 10.1. The Morgan fingerprint density at radius 1 is 1.15 bits per heavy atom. The van der Waals surface area contributed by atoms with Gasteiger partial charge in [0.25, 0.3) is 5.69 Å². The summed E-state index contributed by atoms with van der Waals surface area (Å²) in [7, 11) is 0. The first kappa shape index (κ1) is 17.6. The van der Waals surface area contributed by atoms with Gasteiger partial charge in [-0.3, -0.25) is 15.0 Å². The van der Waals surface area contributed by atoms with E-state index in [0.29, 0.717) is 23.9 Å². The average Bonchev–Trinajstić information content (AvgIpc) is 2.68. The maximum atomic E-state index is 11.2. The van der Waals surface area contributed by atoms with Gasteiger partial charge in [0, 0.05) is 60.0 Å². The summed E-state index contributed by atoms with van der Waals surface area (Å²) in [5, 5.41) is 11.9. The summed E-state index contributed by atoms with van der Waals surface area (Å²) in [6.07, 6.45) is 2.65. The zero-order valence-corrected chi connectivity index (χ0v) is 15.3. The van der Waals surface area contributed by atoms with Gasteiger partial charge in [-0.15, -0.1) is 0 Å². The Bertz CT molecular complexity index is 992. The van der Waals surface area contributed by atoms with E-state index in [9.17, 15) is 10.1 Å². The van der Waals surface area contributed by atoms with Crippen LogP contribution < -0.4 is 0 Å². The molecule has 4 rings (SSSR count). The Kier molecular flexibility index (Phi) is 4.83. The molecule has 0 spiro atoms. The van der Waals surface area contributed by atoms with Crippen LogP contribution in [-0.2, 0) is 19.5 Å². The molecule has 0 atom stereocenters. The maximum Gasteiger partial charge on any atom is 0.273 e. The number of hydrogen-bond acceptors (Lipinski definition) is 5. The van der Waals surface area contributed by atoms with Gasteiger partial charge in [0.15, 0.2) is 5.82 Å². The van der Waals surface area contributed by atoms with Crippen molar-refractivity contribution < 1.29 is 4.92 Å². The van der Waals surface area contributed by atoms with Gasteiger partial charge in [-0.1, -0.05) is 29.8 Å². The molecule has 2 aromatic carbocycles. The van der Waals surface area contributed by atoms with Gasteiger partial charge < -0.3 is 0 Å². The van der Waals surface area contributed by atoms with E-state index in [1.165, 1.54) is 0 Å². The van der Waals surface area contributed by atoms with Crippen molar-refractivity contribution in [2.45, 2.75) is 19.5 Å². The van der Waals surface area contributed by atoms with Crippen molar-refractivity contribution in [2.75, 3.05) is 6.54 Å². The van der Waals surface area contributed by atoms with Crippen molar-refractivity contribution in [2.24, 2.45) is 0 Å². The summed E-state index contributed by atoms with van der Waals surface area (Å²) in [5.74, 6) is 0.692. The lowest BCUT2D eigenvalue weighted by Gasteiger charge is -2.28. The molecule has 2 heterocycles. The molecule has 0 unspecified atom stereocenters. The SMILES string of the molecule is O=[N+]([O-])c1ccccc1CN1CCc2nc(-c3ccc(Cl)cc3)ncc2C1. The standard InChI is InChI=1S/C20H17ClN4O2/c21-17-7-5-14(6-8-17)20-22-11-16-13-24(10-9-18(16)23-20)12-15-3-1-2-4-19(15)25(26)27/h1-8,11H,9-10,12-13H2. The van der Waals surface area contributed by atoms with Gasteiger partial charge in [0.2, 0.25) is 0 Å². The third kappa shape index (κ3) is 3.82. The van der Waals surface area contributed by atoms with Crippen molar-refractivity contribution >= 4 is 17.3 Å². The Labute approximate surface area is 161 Å². The Morgan fingerprint density at radius 3 is 2.70 bits per heavy atom. The minimum Gasteiger partial charge on any atom is -0.294 e. The number of nitrogens with zero attached hydrogens (tertiary/aromatic N) is 4. The van der Waals surface area contributed by atoms with E-state index in [-0.39, 0.29) is 10.6 Å². The summed E-state index contributed by atoms with van der Waals surface area (Å²) in [4.78, 5) is 22.3. The second-order valence-electron chi connectivity index (χ2n) is 6.52. The second-order valence-corrected chi connectivity index (χ2v) is 6.96. The molecular weight excluding hydrogens is 364 g/mol. The number of fused-ring (bicyclic) bond motifs is 1. The number of benzene rings is 2. The lowest BCUT2D eigenvalue weighted by molar-refractivity contribution is -0.385. The minimum atomic E-state index is -0.325. The first-order chi connectivity index (χ1) is 13.1. The van der Waals surface area contributed by atoms with E-state index < -0.39 is 0 Å². The van der Waals surface area contributed by atoms with Crippen LogP contribution in [0.15, 0.2) is 54.7 Å². The normalized spacial score (nSPS) is 14.0. The van der Waals surface area contributed by atoms with Crippen molar-refractivity contribution in [3.63, 3.8) is 0 Å². The molecule has 0 saturated carbocycles. The fourth-order valence-corrected chi connectivity index (χ4v) is 3.44. The molecule has 1 aliphatic rings. The number of halogens is 1. The summed E-state index contributed by atoms with van der Waals surface area (Å²) < 4.78 is 0. The predicted molar refractivity (Wildman–Crippen MR) is 103 cm³/mol. The van der Waals surface area contributed by atoms with Crippen LogP contribution in [0.3, 0.4) is 0 Å². The highest BCUT2D eigenvalue weighted by Gasteiger charge is 2.21. The quantitative estimate of drug-likeness (QED) is 0.499. The van der Waals surface area contributed by atoms with Gasteiger partial charge in [0.05, 0.1) is 10.6 Å². The van der Waals surface area contributed by atoms with Crippen LogP contribution in [0.2, 0.25) is 5.02 Å². The number of aromatic nitrogens is 2. The molecule has 27 heavy (non-hydrogen) atoms. The Balaban J connectivity index is 1.53. The smallest absolute Gasteiger partial charge is 0.273 e. The van der Waals surface area contributed by atoms with Crippen LogP contribution in [0, 0.1) is 10.1 Å². The summed E-state index contributed by atoms with van der Waals surface area (Å²) in [6, 6.07) is 14.4. The third-order valence-electron chi connectivity index (χ3n) is 4.70. The summed E-state index contributed by atoms with van der Waals surface area (Å²) in [6.45, 7) is 2.02. The van der Waals surface area contributed by atoms with Crippen molar-refractivity contribution in [3.05, 3.63) is 86.7 Å². The molecule has 0 bridgehead atoms. The zero-order valence-electron chi connectivity index (χ0n) is 14.5. The minimum absolute atomic E-state index is 0.164. The molecule has 1 aliphatic heterocycles. The highest BCUT2D eigenvalue weighted by atomic mass is 35.5. The molecule has 0 saturated heterocycles. The van der Waals surface area contributed by atoms with E-state index in [1.54, 1.807) is 12.1 Å². The molecule has 3 aromatic rings. The molecule has 7 heteroatoms. The Morgan fingerprint density at radius 2 is 1.93 bits per heavy atom. The lowest BCUT2D eigenvalue weighted by Crippen LogP contribution is -2.31. The van der Waals surface area contributed by atoms with E-state index in [4.69, 9.17) is 16.6 Å². The highest BCUT2D eigenvalue weighted by Crippen LogP contribution is 2.25. The second kappa shape index (κ2) is 7.42. The maximum absolute atomic E-state index is 11.2. The molecule has 0 radical (unpaired) electrons. The summed E-state index contributed by atoms with van der Waals surface area (Å²) in [5.41, 5.74) is 3.93. The molecule has 136 valence electrons. The van der Waals surface area contributed by atoms with Gasteiger partial charge in [-0.25, -0.2) is 9.97 Å². The largest absolute Gasteiger partial charge is 0.294 e. The van der Waals surface area contributed by atoms with E-state index in [2.05, 4.69) is 9.88 Å². The molecular formula is C20H17ClN4O2. The molecule has 1 aromatic heterocycles. The van der Waals surface area contributed by atoms with Gasteiger partial charge in [-0.2, -0.15) is 0 Å². The van der Waals surface area contributed by atoms with Crippen molar-refractivity contribution in [3.8, 4) is 11.4 Å². The number of rotatable bonds is 4. The van der Waals surface area contributed by atoms with Crippen molar-refractivity contribution in [1.82, 2.24) is 14.9 Å². The van der Waals surface area contributed by atoms with E-state index >= 15 is 0 Å². The van der Waals surface area contributed by atoms with E-state index in [1.807, 2.05) is 42.6 Å². The predicted octanol–water partition coefficient (Wildman–Crippen LogP) is 4.26. The first-order valence-corrected chi connectivity index (χ1v) is 9.03. The fraction of sp³-hybridized carbons (Fsp3) is 0.200. The van der Waals surface area contributed by atoms with Gasteiger partial charge in [0.1, 0.15) is 0 Å². The molecule has 0 N–H and O–H groups in total. The van der Waals surface area contributed by atoms with Gasteiger partial charge >= 0.3 is 0 Å². The highest BCUT2D eigenvalue weighted by molar-refractivity contribution is 6.30. The Hall–Kier alpha value is -2.83. The average molecular weight is 381 g/mol. The molecule has 0 amide bonds. The van der Waals surface area contributed by atoms with Crippen molar-refractivity contribution in [1.29, 1.82) is 0 Å². The topological polar surface area (TPSA) is 72.2 Å². The fourth-order valence-electron chi connectivity index (χ4n) is 3.31. The van der Waals surface area contributed by atoms with Crippen LogP contribution in [0.4, 0.5) is 5.69 Å². The number of hydrogen-bond donors (Lipinski definition) is 0. The monoisotopic (exact) mass is 380 g/mol. The van der Waals surface area contributed by atoms with Crippen LogP contribution in [0.1, 0.15) is 16.8 Å². The van der Waals surface area contributed by atoms with E-state index in [0.717, 1.165) is 35.3 Å². The first-order valence-electron chi connectivity index (χ1n) is 8.65. The third-order valence-corrected chi connectivity index (χ3v) is 4.95. The number of nitro benzene ring substituents is 1. The van der Waals surface area contributed by atoms with Crippen LogP contribution >= 0.6 is 11.6 Å². The zero-order chi connectivity index (χ0) is 18.8. The van der Waals surface area contributed by atoms with Crippen LogP contribution in [-0.4, -0.2) is 26.3 Å². The number of nitro groups is 1. The van der Waals surface area contributed by atoms with Gasteiger partial charge in [-0.05, 0) is 24.3 Å². The molecule has 0 aliphatic carbocycles. The van der Waals surface area contributed by atoms with Crippen LogP contribution in [0.5, 0.6) is 0 Å². The summed E-state index contributed by atoms with van der Waals surface area (Å²) >= 11 is 5.94. The molecule has 0 fully saturated rings. The number of para-hydroxylation sites is 1. The molecule has 6 nitrogen and oxygen atoms in total.